The van der Waals surface area contributed by atoms with Crippen molar-refractivity contribution in [2.24, 2.45) is 0 Å². The van der Waals surface area contributed by atoms with Gasteiger partial charge in [0.05, 0.1) is 17.4 Å². The summed E-state index contributed by atoms with van der Waals surface area (Å²) in [6, 6.07) is 14.8. The van der Waals surface area contributed by atoms with Gasteiger partial charge in [-0.1, -0.05) is 18.2 Å². The molecule has 4 rings (SSSR count). The van der Waals surface area contributed by atoms with Crippen LogP contribution in [0.5, 0.6) is 5.75 Å². The molecule has 176 valence electrons. The summed E-state index contributed by atoms with van der Waals surface area (Å²) < 4.78 is 32.8. The van der Waals surface area contributed by atoms with E-state index in [0.717, 1.165) is 0 Å². The quantitative estimate of drug-likeness (QED) is 0.618. The zero-order valence-electron chi connectivity index (χ0n) is 18.4. The molecule has 10 heteroatoms. The van der Waals surface area contributed by atoms with Gasteiger partial charge >= 0.3 is 0 Å². The Hall–Kier alpha value is -2.56. The number of sulfonamides is 1. The molecule has 0 radical (unpaired) electrons. The van der Waals surface area contributed by atoms with Crippen LogP contribution in [0.2, 0.25) is 0 Å². The smallest absolute Gasteiger partial charge is 0.255 e. The molecule has 2 aliphatic rings. The molecular formula is C23H27N3O5S2. The van der Waals surface area contributed by atoms with Crippen LogP contribution in [0.3, 0.4) is 0 Å². The molecule has 8 nitrogen and oxygen atoms in total. The minimum atomic E-state index is -3.65. The Morgan fingerprint density at radius 3 is 2.30 bits per heavy atom. The summed E-state index contributed by atoms with van der Waals surface area (Å²) in [5.41, 5.74) is 0.559. The first-order chi connectivity index (χ1) is 15.9. The zero-order valence-corrected chi connectivity index (χ0v) is 20.1. The lowest BCUT2D eigenvalue weighted by Crippen LogP contribution is -2.55. The third-order valence-electron chi connectivity index (χ3n) is 5.77. The first-order valence-electron chi connectivity index (χ1n) is 10.9. The molecule has 2 fully saturated rings. The van der Waals surface area contributed by atoms with Crippen molar-refractivity contribution < 1.29 is 22.7 Å². The molecule has 0 saturated carbocycles. The van der Waals surface area contributed by atoms with E-state index in [4.69, 9.17) is 4.74 Å². The summed E-state index contributed by atoms with van der Waals surface area (Å²) in [6.07, 6.45) is 0. The van der Waals surface area contributed by atoms with Crippen molar-refractivity contribution >= 4 is 33.6 Å². The minimum absolute atomic E-state index is 0.123. The lowest BCUT2D eigenvalue weighted by molar-refractivity contribution is -0.136. The summed E-state index contributed by atoms with van der Waals surface area (Å²) >= 11 is 1.55. The average molecular weight is 490 g/mol. The Morgan fingerprint density at radius 2 is 1.67 bits per heavy atom. The van der Waals surface area contributed by atoms with Crippen molar-refractivity contribution in [1.82, 2.24) is 14.1 Å². The van der Waals surface area contributed by atoms with Gasteiger partial charge in [0.25, 0.3) is 5.91 Å². The van der Waals surface area contributed by atoms with Gasteiger partial charge in [-0.2, -0.15) is 4.31 Å². The lowest BCUT2D eigenvalue weighted by atomic mass is 10.1. The number of carbonyl (C=O) groups excluding carboxylic acids is 2. The van der Waals surface area contributed by atoms with E-state index in [9.17, 15) is 18.0 Å². The van der Waals surface area contributed by atoms with E-state index in [-0.39, 0.29) is 29.8 Å². The molecule has 2 aromatic rings. The number of rotatable bonds is 6. The Balaban J connectivity index is 1.39. The maximum Gasteiger partial charge on any atom is 0.255 e. The normalized spacial score (nSPS) is 19.5. The fourth-order valence-electron chi connectivity index (χ4n) is 3.98. The predicted molar refractivity (Wildman–Crippen MR) is 127 cm³/mol. The van der Waals surface area contributed by atoms with Crippen LogP contribution in [0.25, 0.3) is 0 Å². The van der Waals surface area contributed by atoms with Gasteiger partial charge in [-0.25, -0.2) is 8.42 Å². The van der Waals surface area contributed by atoms with Crippen LogP contribution in [0.4, 0.5) is 0 Å². The fraction of sp³-hybridized carbons (Fsp3) is 0.391. The van der Waals surface area contributed by atoms with Gasteiger partial charge in [0.15, 0.2) is 0 Å². The first-order valence-corrected chi connectivity index (χ1v) is 13.5. The van der Waals surface area contributed by atoms with Crippen LogP contribution in [0, 0.1) is 0 Å². The summed E-state index contributed by atoms with van der Waals surface area (Å²) in [5.74, 6) is 1.35. The number of hydrogen-bond donors (Lipinski definition) is 0. The number of thioether (sulfide) groups is 1. The van der Waals surface area contributed by atoms with Crippen molar-refractivity contribution in [2.45, 2.75) is 17.9 Å². The van der Waals surface area contributed by atoms with E-state index in [1.54, 1.807) is 70.1 Å². The number of amides is 2. The third kappa shape index (κ3) is 5.02. The number of ether oxygens (including phenoxy) is 1. The fourth-order valence-corrected chi connectivity index (χ4v) is 6.54. The van der Waals surface area contributed by atoms with Crippen LogP contribution in [-0.2, 0) is 14.8 Å². The second kappa shape index (κ2) is 10.1. The monoisotopic (exact) mass is 489 g/mol. The summed E-state index contributed by atoms with van der Waals surface area (Å²) in [6.45, 7) is 3.40. The summed E-state index contributed by atoms with van der Waals surface area (Å²) in [5, 5.41) is 0. The maximum atomic E-state index is 13.2. The van der Waals surface area contributed by atoms with Crippen LogP contribution < -0.4 is 4.74 Å². The molecule has 2 saturated heterocycles. The molecule has 1 atom stereocenters. The largest absolute Gasteiger partial charge is 0.494 e. The van der Waals surface area contributed by atoms with E-state index in [1.165, 1.54) is 4.31 Å². The van der Waals surface area contributed by atoms with Crippen molar-refractivity contribution in [2.75, 3.05) is 44.4 Å². The molecule has 0 N–H and O–H groups in total. The van der Waals surface area contributed by atoms with E-state index in [0.29, 0.717) is 42.6 Å². The Bertz CT molecular complexity index is 1080. The predicted octanol–water partition coefficient (Wildman–Crippen LogP) is 2.13. The Kier molecular flexibility index (Phi) is 7.26. The van der Waals surface area contributed by atoms with Gasteiger partial charge in [0, 0.05) is 37.5 Å². The van der Waals surface area contributed by atoms with Gasteiger partial charge in [0.2, 0.25) is 15.9 Å². The molecule has 2 heterocycles. The molecular weight excluding hydrogens is 462 g/mol. The topological polar surface area (TPSA) is 87.2 Å². The van der Waals surface area contributed by atoms with Crippen LogP contribution >= 0.6 is 11.8 Å². The standard InChI is InChI=1S/C23H27N3O5S2/c1-2-31-19-8-10-20(11-9-19)33(29,30)25-14-12-24(13-15-25)23(28)21-16-32-17-26(21)22(27)18-6-4-3-5-7-18/h3-11,21H,2,12-17H2,1H3/t21-/m0/s1. The maximum absolute atomic E-state index is 13.2. The summed E-state index contributed by atoms with van der Waals surface area (Å²) in [4.78, 5) is 29.6. The Morgan fingerprint density at radius 1 is 1.00 bits per heavy atom. The van der Waals surface area contributed by atoms with Gasteiger partial charge < -0.3 is 14.5 Å². The van der Waals surface area contributed by atoms with Gasteiger partial charge in [-0.05, 0) is 43.3 Å². The molecule has 2 aromatic carbocycles. The molecule has 0 aliphatic carbocycles. The molecule has 2 amide bonds. The number of benzene rings is 2. The molecule has 33 heavy (non-hydrogen) atoms. The van der Waals surface area contributed by atoms with E-state index >= 15 is 0 Å². The molecule has 0 bridgehead atoms. The minimum Gasteiger partial charge on any atom is -0.494 e. The number of piperazine rings is 1. The first kappa shape index (κ1) is 23.6. The number of nitrogens with zero attached hydrogens (tertiary/aromatic N) is 3. The van der Waals surface area contributed by atoms with E-state index in [2.05, 4.69) is 0 Å². The average Bonchev–Trinajstić information content (AvgIpc) is 3.34. The van der Waals surface area contributed by atoms with Crippen molar-refractivity contribution in [3.63, 3.8) is 0 Å². The van der Waals surface area contributed by atoms with Gasteiger partial charge in [-0.3, -0.25) is 9.59 Å². The van der Waals surface area contributed by atoms with Crippen LogP contribution in [0.15, 0.2) is 59.5 Å². The second-order valence-electron chi connectivity index (χ2n) is 7.79. The van der Waals surface area contributed by atoms with Crippen molar-refractivity contribution in [3.8, 4) is 5.75 Å². The molecule has 2 aliphatic heterocycles. The lowest BCUT2D eigenvalue weighted by Gasteiger charge is -2.36. The summed E-state index contributed by atoms with van der Waals surface area (Å²) in [7, 11) is -3.65. The number of hydrogen-bond acceptors (Lipinski definition) is 6. The van der Waals surface area contributed by atoms with Crippen molar-refractivity contribution in [3.05, 3.63) is 60.2 Å². The second-order valence-corrected chi connectivity index (χ2v) is 10.7. The highest BCUT2D eigenvalue weighted by atomic mass is 32.2. The highest BCUT2D eigenvalue weighted by Crippen LogP contribution is 2.26. The Labute approximate surface area is 198 Å². The van der Waals surface area contributed by atoms with E-state index in [1.807, 2.05) is 13.0 Å². The molecule has 0 unspecified atom stereocenters. The highest BCUT2D eigenvalue weighted by molar-refractivity contribution is 7.99. The van der Waals surface area contributed by atoms with Crippen molar-refractivity contribution in [1.29, 1.82) is 0 Å². The zero-order chi connectivity index (χ0) is 23.4. The van der Waals surface area contributed by atoms with E-state index < -0.39 is 16.1 Å². The van der Waals surface area contributed by atoms with Gasteiger partial charge in [-0.15, -0.1) is 11.8 Å². The molecule has 0 aromatic heterocycles. The SMILES string of the molecule is CCOc1ccc(S(=O)(=O)N2CCN(C(=O)[C@@H]3CSCN3C(=O)c3ccccc3)CC2)cc1. The molecule has 0 spiro atoms. The number of carbonyl (C=O) groups is 2. The van der Waals surface area contributed by atoms with Gasteiger partial charge in [0.1, 0.15) is 11.8 Å². The van der Waals surface area contributed by atoms with Crippen LogP contribution in [-0.4, -0.2) is 84.8 Å². The highest BCUT2D eigenvalue weighted by Gasteiger charge is 2.39. The van der Waals surface area contributed by atoms with Crippen LogP contribution in [0.1, 0.15) is 17.3 Å². The third-order valence-corrected chi connectivity index (χ3v) is 8.70.